The van der Waals surface area contributed by atoms with E-state index >= 15 is 0 Å². The first-order chi connectivity index (χ1) is 12.9. The molecule has 0 bridgehead atoms. The van der Waals surface area contributed by atoms with Crippen molar-refractivity contribution in [2.24, 2.45) is 0 Å². The van der Waals surface area contributed by atoms with E-state index in [1.807, 2.05) is 30.5 Å². The number of nitrogens with zero attached hydrogens (tertiary/aromatic N) is 5. The van der Waals surface area contributed by atoms with Crippen molar-refractivity contribution < 1.29 is 9.13 Å². The minimum atomic E-state index is -1.34. The Hall–Kier alpha value is -3.29. The van der Waals surface area contributed by atoms with E-state index in [9.17, 15) is 4.39 Å². The van der Waals surface area contributed by atoms with Crippen LogP contribution >= 0.6 is 0 Å². The molecular weight excluding hydrogens is 347 g/mol. The van der Waals surface area contributed by atoms with Crippen molar-refractivity contribution in [1.29, 1.82) is 0 Å². The summed E-state index contributed by atoms with van der Waals surface area (Å²) >= 11 is 0. The molecule has 138 valence electrons. The van der Waals surface area contributed by atoms with Crippen molar-refractivity contribution >= 4 is 22.4 Å². The zero-order valence-corrected chi connectivity index (χ0v) is 15.3. The summed E-state index contributed by atoms with van der Waals surface area (Å²) in [4.78, 5) is 12.7. The summed E-state index contributed by atoms with van der Waals surface area (Å²) in [7, 11) is 1.59. The van der Waals surface area contributed by atoms with Gasteiger partial charge < -0.3 is 10.1 Å². The molecule has 7 nitrogen and oxygen atoms in total. The topological polar surface area (TPSA) is 77.2 Å². The number of nitrogens with one attached hydrogen (secondary N) is 1. The highest BCUT2D eigenvalue weighted by molar-refractivity contribution is 5.91. The van der Waals surface area contributed by atoms with Crippen LogP contribution in [0, 0.1) is 0 Å². The number of hydrogen-bond donors (Lipinski definition) is 1. The normalized spacial score (nSPS) is 11.9. The van der Waals surface area contributed by atoms with Gasteiger partial charge in [-0.25, -0.2) is 23.9 Å². The van der Waals surface area contributed by atoms with Crippen LogP contribution in [0.2, 0.25) is 0 Å². The summed E-state index contributed by atoms with van der Waals surface area (Å²) in [6.07, 6.45) is 5.05. The third-order valence-electron chi connectivity index (χ3n) is 4.19. The molecule has 0 aliphatic carbocycles. The highest BCUT2D eigenvalue weighted by Crippen LogP contribution is 2.30. The van der Waals surface area contributed by atoms with Crippen LogP contribution in [0.25, 0.3) is 27.5 Å². The van der Waals surface area contributed by atoms with Gasteiger partial charge in [-0.05, 0) is 37.6 Å². The molecule has 0 unspecified atom stereocenters. The molecule has 1 aromatic carbocycles. The first-order valence-corrected chi connectivity index (χ1v) is 8.51. The van der Waals surface area contributed by atoms with Crippen molar-refractivity contribution in [1.82, 2.24) is 24.6 Å². The number of rotatable bonds is 5. The maximum absolute atomic E-state index is 13.7. The fourth-order valence-corrected chi connectivity index (χ4v) is 2.88. The molecular formula is C19H19FN6O. The molecule has 0 saturated carbocycles. The molecule has 0 radical (unpaired) electrons. The predicted octanol–water partition coefficient (Wildman–Crippen LogP) is 3.51. The number of aromatic nitrogens is 5. The van der Waals surface area contributed by atoms with Crippen LogP contribution < -0.4 is 10.1 Å². The number of fused-ring (bicyclic) bond motifs is 2. The van der Waals surface area contributed by atoms with Crippen LogP contribution in [0.5, 0.6) is 5.88 Å². The monoisotopic (exact) mass is 366 g/mol. The van der Waals surface area contributed by atoms with Gasteiger partial charge in [-0.3, -0.25) is 0 Å². The van der Waals surface area contributed by atoms with E-state index in [4.69, 9.17) is 4.74 Å². The highest BCUT2D eigenvalue weighted by atomic mass is 19.1. The molecule has 4 aromatic rings. The van der Waals surface area contributed by atoms with Gasteiger partial charge in [0.05, 0.1) is 36.3 Å². The van der Waals surface area contributed by atoms with Gasteiger partial charge in [0.15, 0.2) is 0 Å². The van der Waals surface area contributed by atoms with E-state index in [0.717, 1.165) is 27.5 Å². The van der Waals surface area contributed by atoms with Crippen molar-refractivity contribution in [3.63, 3.8) is 0 Å². The molecule has 4 rings (SSSR count). The maximum atomic E-state index is 13.7. The average Bonchev–Trinajstić information content (AvgIpc) is 3.08. The molecule has 0 atom stereocenters. The molecule has 0 aliphatic rings. The molecule has 0 saturated heterocycles. The summed E-state index contributed by atoms with van der Waals surface area (Å²) in [6, 6.07) is 7.87. The van der Waals surface area contributed by atoms with Crippen LogP contribution in [-0.2, 0) is 0 Å². The molecule has 0 amide bonds. The quantitative estimate of drug-likeness (QED) is 0.582. The van der Waals surface area contributed by atoms with Crippen LogP contribution in [0.4, 0.5) is 10.3 Å². The molecule has 3 heterocycles. The lowest BCUT2D eigenvalue weighted by molar-refractivity contribution is 0.234. The van der Waals surface area contributed by atoms with E-state index in [-0.39, 0.29) is 6.54 Å². The Balaban J connectivity index is 1.73. The molecule has 1 N–H and O–H groups in total. The number of ether oxygens (including phenoxy) is 1. The lowest BCUT2D eigenvalue weighted by atomic mass is 10.1. The first kappa shape index (κ1) is 17.1. The maximum Gasteiger partial charge on any atom is 0.241 e. The summed E-state index contributed by atoms with van der Waals surface area (Å²) < 4.78 is 20.7. The Morgan fingerprint density at radius 2 is 2.04 bits per heavy atom. The minimum Gasteiger partial charge on any atom is -0.480 e. The van der Waals surface area contributed by atoms with E-state index < -0.39 is 5.67 Å². The third-order valence-corrected chi connectivity index (χ3v) is 4.19. The van der Waals surface area contributed by atoms with Crippen molar-refractivity contribution in [2.75, 3.05) is 19.0 Å². The molecule has 0 fully saturated rings. The number of hydrogen-bond acceptors (Lipinski definition) is 6. The second kappa shape index (κ2) is 6.46. The Bertz CT molecular complexity index is 1120. The number of alkyl halides is 1. The van der Waals surface area contributed by atoms with E-state index in [1.54, 1.807) is 17.8 Å². The largest absolute Gasteiger partial charge is 0.480 e. The van der Waals surface area contributed by atoms with E-state index in [1.165, 1.54) is 20.2 Å². The van der Waals surface area contributed by atoms with Crippen molar-refractivity contribution in [3.05, 3.63) is 43.0 Å². The number of benzene rings is 1. The second-order valence-corrected chi connectivity index (χ2v) is 6.83. The molecule has 8 heteroatoms. The van der Waals surface area contributed by atoms with Gasteiger partial charge in [-0.2, -0.15) is 0 Å². The van der Waals surface area contributed by atoms with E-state index in [2.05, 4.69) is 25.4 Å². The van der Waals surface area contributed by atoms with Crippen LogP contribution in [0.1, 0.15) is 13.8 Å². The lowest BCUT2D eigenvalue weighted by Crippen LogP contribution is -2.25. The van der Waals surface area contributed by atoms with Crippen LogP contribution in [-0.4, -0.2) is 43.9 Å². The smallest absolute Gasteiger partial charge is 0.241 e. The Morgan fingerprint density at radius 1 is 1.19 bits per heavy atom. The van der Waals surface area contributed by atoms with Gasteiger partial charge in [0.25, 0.3) is 0 Å². The van der Waals surface area contributed by atoms with Gasteiger partial charge in [0.1, 0.15) is 12.0 Å². The minimum absolute atomic E-state index is 0.136. The zero-order valence-electron chi connectivity index (χ0n) is 15.3. The molecule has 3 aromatic heterocycles. The van der Waals surface area contributed by atoms with Crippen molar-refractivity contribution in [3.8, 4) is 17.0 Å². The SMILES string of the molecule is COc1ncnc2ccc(-c3ccn4nc(NCC(C)(C)F)ncc34)cc12. The average molecular weight is 366 g/mol. The van der Waals surface area contributed by atoms with Gasteiger partial charge >= 0.3 is 0 Å². The summed E-state index contributed by atoms with van der Waals surface area (Å²) in [5, 5.41) is 8.15. The Labute approximate surface area is 155 Å². The fraction of sp³-hybridized carbons (Fsp3) is 0.263. The van der Waals surface area contributed by atoms with Crippen LogP contribution in [0.3, 0.4) is 0 Å². The summed E-state index contributed by atoms with van der Waals surface area (Å²) in [5.41, 5.74) is 2.26. The predicted molar refractivity (Wildman–Crippen MR) is 102 cm³/mol. The number of halogens is 1. The Morgan fingerprint density at radius 3 is 2.81 bits per heavy atom. The zero-order chi connectivity index (χ0) is 19.0. The number of methoxy groups -OCH3 is 1. The summed E-state index contributed by atoms with van der Waals surface area (Å²) in [5.74, 6) is 0.908. The van der Waals surface area contributed by atoms with Gasteiger partial charge in [0.2, 0.25) is 11.8 Å². The third kappa shape index (κ3) is 3.38. The van der Waals surface area contributed by atoms with Gasteiger partial charge in [0, 0.05) is 11.8 Å². The van der Waals surface area contributed by atoms with Crippen LogP contribution in [0.15, 0.2) is 43.0 Å². The molecule has 0 aliphatic heterocycles. The first-order valence-electron chi connectivity index (χ1n) is 8.51. The highest BCUT2D eigenvalue weighted by Gasteiger charge is 2.16. The molecule has 27 heavy (non-hydrogen) atoms. The van der Waals surface area contributed by atoms with Gasteiger partial charge in [-0.1, -0.05) is 6.07 Å². The number of anilines is 1. The standard InChI is InChI=1S/C19H19FN6O/c1-19(2,20)10-22-18-21-9-16-13(6-7-26(16)25-18)12-4-5-15-14(8-12)17(27-3)24-11-23-15/h4-9,11H,10H2,1-3H3,(H,22,25). The fourth-order valence-electron chi connectivity index (χ4n) is 2.88. The van der Waals surface area contributed by atoms with E-state index in [0.29, 0.717) is 11.8 Å². The second-order valence-electron chi connectivity index (χ2n) is 6.83. The summed E-state index contributed by atoms with van der Waals surface area (Å²) in [6.45, 7) is 3.14. The van der Waals surface area contributed by atoms with Crippen molar-refractivity contribution in [2.45, 2.75) is 19.5 Å². The lowest BCUT2D eigenvalue weighted by Gasteiger charge is -2.14. The molecule has 0 spiro atoms. The Kier molecular flexibility index (Phi) is 4.10. The van der Waals surface area contributed by atoms with Gasteiger partial charge in [-0.15, -0.1) is 5.10 Å².